The molecule has 0 bridgehead atoms. The van der Waals surface area contributed by atoms with Crippen LogP contribution in [0.4, 0.5) is 0 Å². The molecule has 0 aromatic heterocycles. The van der Waals surface area contributed by atoms with E-state index in [4.69, 9.17) is 0 Å². The second kappa shape index (κ2) is 4.97. The Kier molecular flexibility index (Phi) is 3.91. The van der Waals surface area contributed by atoms with Gasteiger partial charge in [-0.15, -0.1) is 0 Å². The van der Waals surface area contributed by atoms with Crippen LogP contribution in [0.2, 0.25) is 0 Å². The van der Waals surface area contributed by atoms with Crippen LogP contribution in [0.5, 0.6) is 0 Å². The van der Waals surface area contributed by atoms with E-state index in [-0.39, 0.29) is 0 Å². The summed E-state index contributed by atoms with van der Waals surface area (Å²) < 4.78 is 12.2. The zero-order valence-corrected chi connectivity index (χ0v) is 9.28. The summed E-state index contributed by atoms with van der Waals surface area (Å²) in [6.45, 7) is 5.39. The van der Waals surface area contributed by atoms with Crippen molar-refractivity contribution in [1.29, 1.82) is 0 Å². The molecule has 74 valence electrons. The molecule has 0 aliphatic carbocycles. The van der Waals surface area contributed by atoms with Gasteiger partial charge in [0.25, 0.3) is 0 Å². The summed E-state index contributed by atoms with van der Waals surface area (Å²) in [5.74, 6) is 0. The van der Waals surface area contributed by atoms with E-state index in [2.05, 4.69) is 6.58 Å². The van der Waals surface area contributed by atoms with Gasteiger partial charge in [-0.1, -0.05) is 55.1 Å². The van der Waals surface area contributed by atoms with Gasteiger partial charge in [0.15, 0.2) is 0 Å². The van der Waals surface area contributed by atoms with E-state index in [0.717, 1.165) is 5.30 Å². The molecule has 1 atom stereocenters. The van der Waals surface area contributed by atoms with Crippen LogP contribution in [0.25, 0.3) is 0 Å². The fraction of sp³-hybridized carbons (Fsp3) is 0.167. The van der Waals surface area contributed by atoms with E-state index >= 15 is 0 Å². The molecule has 0 saturated heterocycles. The van der Waals surface area contributed by atoms with Crippen LogP contribution in [-0.2, 0) is 4.57 Å². The molecule has 0 heterocycles. The van der Waals surface area contributed by atoms with Crippen LogP contribution in [-0.4, -0.2) is 12.8 Å². The lowest BCUT2D eigenvalue weighted by Gasteiger charge is -2.10. The minimum atomic E-state index is -2.21. The van der Waals surface area contributed by atoms with Crippen LogP contribution in [0.1, 0.15) is 0 Å². The van der Waals surface area contributed by atoms with Gasteiger partial charge in [-0.3, -0.25) is 0 Å². The highest BCUT2D eigenvalue weighted by Gasteiger charge is 2.14. The quantitative estimate of drug-likeness (QED) is 0.546. The maximum absolute atomic E-state index is 12.2. The van der Waals surface area contributed by atoms with Gasteiger partial charge >= 0.3 is 0 Å². The normalized spacial score (nSPS) is 15.2. The first-order valence-electron chi connectivity index (χ1n) is 4.56. The average molecular weight is 206 g/mol. The number of benzene rings is 1. The van der Waals surface area contributed by atoms with Gasteiger partial charge in [0.2, 0.25) is 0 Å². The predicted octanol–water partition coefficient (Wildman–Crippen LogP) is 3.05. The molecule has 0 amide bonds. The van der Waals surface area contributed by atoms with Gasteiger partial charge in [-0.2, -0.15) is 0 Å². The third kappa shape index (κ3) is 3.01. The molecular formula is C12H15OP. The first-order chi connectivity index (χ1) is 6.67. The zero-order valence-electron chi connectivity index (χ0n) is 8.39. The summed E-state index contributed by atoms with van der Waals surface area (Å²) in [6.07, 6.45) is 6.04. The van der Waals surface area contributed by atoms with Crippen molar-refractivity contribution in [3.63, 3.8) is 0 Å². The van der Waals surface area contributed by atoms with E-state index in [1.165, 1.54) is 0 Å². The van der Waals surface area contributed by atoms with E-state index in [1.807, 2.05) is 49.1 Å². The zero-order chi connectivity index (χ0) is 10.4. The fourth-order valence-electron chi connectivity index (χ4n) is 1.21. The lowest BCUT2D eigenvalue weighted by molar-refractivity contribution is 0.586. The lowest BCUT2D eigenvalue weighted by atomic mass is 10.4. The maximum Gasteiger partial charge on any atom is 0.116 e. The maximum atomic E-state index is 12.2. The molecule has 1 unspecified atom stereocenters. The molecule has 0 N–H and O–H groups in total. The highest BCUT2D eigenvalue weighted by atomic mass is 31.2. The SMILES string of the molecule is C=C/C=C\CP(C)(=O)c1ccccc1. The first kappa shape index (κ1) is 11.0. The van der Waals surface area contributed by atoms with Crippen molar-refractivity contribution >= 4 is 12.4 Å². The molecule has 0 saturated carbocycles. The van der Waals surface area contributed by atoms with Crippen molar-refractivity contribution in [2.45, 2.75) is 0 Å². The van der Waals surface area contributed by atoms with Gasteiger partial charge in [0.1, 0.15) is 7.14 Å². The summed E-state index contributed by atoms with van der Waals surface area (Å²) in [5, 5.41) is 0.939. The van der Waals surface area contributed by atoms with Crippen LogP contribution >= 0.6 is 7.14 Å². The molecule has 1 nitrogen and oxygen atoms in total. The molecular weight excluding hydrogens is 191 g/mol. The predicted molar refractivity (Wildman–Crippen MR) is 63.8 cm³/mol. The van der Waals surface area contributed by atoms with Crippen molar-refractivity contribution in [2.24, 2.45) is 0 Å². The Morgan fingerprint density at radius 3 is 2.57 bits per heavy atom. The highest BCUT2D eigenvalue weighted by molar-refractivity contribution is 7.71. The van der Waals surface area contributed by atoms with Crippen molar-refractivity contribution in [3.05, 3.63) is 55.1 Å². The Balaban J connectivity index is 2.81. The summed E-state index contributed by atoms with van der Waals surface area (Å²) >= 11 is 0. The van der Waals surface area contributed by atoms with E-state index in [0.29, 0.717) is 6.16 Å². The average Bonchev–Trinajstić information content (AvgIpc) is 2.19. The van der Waals surface area contributed by atoms with Crippen molar-refractivity contribution < 1.29 is 4.57 Å². The summed E-state index contributed by atoms with van der Waals surface area (Å²) in [5.41, 5.74) is 0. The summed E-state index contributed by atoms with van der Waals surface area (Å²) in [6, 6.07) is 9.61. The third-order valence-electron chi connectivity index (χ3n) is 2.03. The number of hydrogen-bond acceptors (Lipinski definition) is 1. The van der Waals surface area contributed by atoms with Crippen LogP contribution in [0, 0.1) is 0 Å². The van der Waals surface area contributed by atoms with Gasteiger partial charge in [-0.25, -0.2) is 0 Å². The molecule has 1 aromatic carbocycles. The Morgan fingerprint density at radius 1 is 1.36 bits per heavy atom. The smallest absolute Gasteiger partial charge is 0.116 e. The second-order valence-electron chi connectivity index (χ2n) is 3.28. The Hall–Kier alpha value is -1.07. The lowest BCUT2D eigenvalue weighted by Crippen LogP contribution is -2.04. The minimum absolute atomic E-state index is 0.600. The molecule has 1 aromatic rings. The Morgan fingerprint density at radius 2 is 2.00 bits per heavy atom. The monoisotopic (exact) mass is 206 g/mol. The van der Waals surface area contributed by atoms with Gasteiger partial charge in [-0.05, 0) is 6.66 Å². The first-order valence-corrected chi connectivity index (χ1v) is 6.90. The third-order valence-corrected chi connectivity index (χ3v) is 4.33. The number of rotatable bonds is 4. The van der Waals surface area contributed by atoms with Crippen LogP contribution in [0.3, 0.4) is 0 Å². The Bertz CT molecular complexity index is 365. The van der Waals surface area contributed by atoms with Crippen molar-refractivity contribution in [3.8, 4) is 0 Å². The summed E-state index contributed by atoms with van der Waals surface area (Å²) in [7, 11) is -2.21. The van der Waals surface area contributed by atoms with Crippen LogP contribution < -0.4 is 5.30 Å². The minimum Gasteiger partial charge on any atom is -0.319 e. The van der Waals surface area contributed by atoms with Crippen molar-refractivity contribution in [1.82, 2.24) is 0 Å². The highest BCUT2D eigenvalue weighted by Crippen LogP contribution is 2.39. The van der Waals surface area contributed by atoms with Crippen LogP contribution in [0.15, 0.2) is 55.1 Å². The molecule has 0 aliphatic heterocycles. The fourth-order valence-corrected chi connectivity index (χ4v) is 2.74. The van der Waals surface area contributed by atoms with Gasteiger partial charge in [0.05, 0.1) is 0 Å². The van der Waals surface area contributed by atoms with Gasteiger partial charge < -0.3 is 4.57 Å². The topological polar surface area (TPSA) is 17.1 Å². The molecule has 0 aliphatic rings. The Labute approximate surface area is 85.5 Å². The standard InChI is InChI=1S/C12H15OP/c1-3-4-8-11-14(2,13)12-9-6-5-7-10-12/h3-10H,1,11H2,2H3/b8-4-. The van der Waals surface area contributed by atoms with Crippen molar-refractivity contribution in [2.75, 3.05) is 12.8 Å². The van der Waals surface area contributed by atoms with E-state index in [1.54, 1.807) is 6.08 Å². The molecule has 14 heavy (non-hydrogen) atoms. The van der Waals surface area contributed by atoms with Gasteiger partial charge in [0, 0.05) is 11.5 Å². The summed E-state index contributed by atoms with van der Waals surface area (Å²) in [4.78, 5) is 0. The second-order valence-corrected chi connectivity index (χ2v) is 6.37. The molecule has 0 radical (unpaired) electrons. The number of allylic oxidation sites excluding steroid dienone is 3. The van der Waals surface area contributed by atoms with E-state index < -0.39 is 7.14 Å². The largest absolute Gasteiger partial charge is 0.319 e. The van der Waals surface area contributed by atoms with E-state index in [9.17, 15) is 4.57 Å². The molecule has 2 heteroatoms. The molecule has 0 fully saturated rings. The molecule has 1 rings (SSSR count). The molecule has 0 spiro atoms. The number of hydrogen-bond donors (Lipinski definition) is 0.